The number of carbonyl (C=O) groups excluding carboxylic acids is 1. The molecule has 11 heteroatoms. The normalized spacial score (nSPS) is 15.3. The maximum atomic E-state index is 13.9. The topological polar surface area (TPSA) is 83.0 Å². The van der Waals surface area contributed by atoms with Gasteiger partial charge < -0.3 is 9.64 Å². The summed E-state index contributed by atoms with van der Waals surface area (Å²) in [5.74, 6) is -0.137. The second-order valence-electron chi connectivity index (χ2n) is 9.18. The van der Waals surface area contributed by atoms with Crippen molar-refractivity contribution in [3.63, 3.8) is 0 Å². The van der Waals surface area contributed by atoms with Crippen LogP contribution in [-0.4, -0.2) is 74.4 Å². The molecule has 1 saturated heterocycles. The van der Waals surface area contributed by atoms with Crippen molar-refractivity contribution in [2.75, 3.05) is 50.8 Å². The minimum Gasteiger partial charge on any atom is -0.492 e. The number of benzene rings is 2. The molecule has 0 aliphatic carbocycles. The van der Waals surface area contributed by atoms with Crippen molar-refractivity contribution in [3.8, 4) is 5.75 Å². The van der Waals surface area contributed by atoms with E-state index in [-0.39, 0.29) is 29.8 Å². The fraction of sp³-hybridized carbons (Fsp3) is 0.481. The Morgan fingerprint density at radius 3 is 2.39 bits per heavy atom. The highest BCUT2D eigenvalue weighted by molar-refractivity contribution is 7.89. The first kappa shape index (κ1) is 28.4. The zero-order chi connectivity index (χ0) is 27.3. The minimum atomic E-state index is -3.75. The molecule has 0 spiro atoms. The molecule has 1 aliphatic heterocycles. The lowest BCUT2D eigenvalue weighted by Gasteiger charge is -2.33. The van der Waals surface area contributed by atoms with Crippen LogP contribution in [0.5, 0.6) is 5.75 Å². The van der Waals surface area contributed by atoms with Gasteiger partial charge in [-0.1, -0.05) is 31.3 Å². The monoisotopic (exact) mass is 562 g/mol. The number of hydrogen-bond donors (Lipinski definition) is 0. The molecule has 0 bridgehead atoms. The molecule has 1 amide bonds. The van der Waals surface area contributed by atoms with Crippen LogP contribution in [0.15, 0.2) is 47.4 Å². The van der Waals surface area contributed by atoms with Crippen LogP contribution >= 0.6 is 11.3 Å². The molecular formula is C27H35FN4O4S2. The molecule has 1 fully saturated rings. The summed E-state index contributed by atoms with van der Waals surface area (Å²) in [6, 6.07) is 10.6. The molecule has 0 saturated carbocycles. The molecule has 2 aromatic carbocycles. The van der Waals surface area contributed by atoms with Gasteiger partial charge in [0.15, 0.2) is 5.13 Å². The van der Waals surface area contributed by atoms with Gasteiger partial charge in [0.1, 0.15) is 17.1 Å². The lowest BCUT2D eigenvalue weighted by molar-refractivity contribution is -0.123. The predicted molar refractivity (Wildman–Crippen MR) is 149 cm³/mol. The number of carbonyl (C=O) groups is 1. The highest BCUT2D eigenvalue weighted by atomic mass is 32.2. The van der Waals surface area contributed by atoms with E-state index in [1.807, 2.05) is 25.1 Å². The van der Waals surface area contributed by atoms with E-state index < -0.39 is 15.8 Å². The quantitative estimate of drug-likeness (QED) is 0.340. The van der Waals surface area contributed by atoms with Crippen LogP contribution in [0.2, 0.25) is 0 Å². The van der Waals surface area contributed by atoms with E-state index in [0.29, 0.717) is 43.4 Å². The van der Waals surface area contributed by atoms with Crippen LogP contribution in [-0.2, 0) is 14.8 Å². The van der Waals surface area contributed by atoms with Gasteiger partial charge in [-0.3, -0.25) is 9.69 Å². The summed E-state index contributed by atoms with van der Waals surface area (Å²) in [5.41, 5.74) is 0.746. The van der Waals surface area contributed by atoms with E-state index in [1.165, 1.54) is 27.8 Å². The van der Waals surface area contributed by atoms with Gasteiger partial charge in [0, 0.05) is 32.1 Å². The SMILES string of the molecule is CCOc1cccc2sc(N(CCN(CC)CC)C(=O)C3CCN(S(=O)(=O)c4ccc(F)cc4)CC3)nc12. The smallest absolute Gasteiger partial charge is 0.243 e. The number of sulfonamides is 1. The Morgan fingerprint density at radius 1 is 1.08 bits per heavy atom. The summed E-state index contributed by atoms with van der Waals surface area (Å²) in [6.45, 7) is 10.1. The van der Waals surface area contributed by atoms with Crippen LogP contribution in [0.4, 0.5) is 9.52 Å². The Kier molecular flexibility index (Phi) is 9.35. The van der Waals surface area contributed by atoms with Crippen LogP contribution in [0.1, 0.15) is 33.6 Å². The summed E-state index contributed by atoms with van der Waals surface area (Å²) in [7, 11) is -3.75. The standard InChI is InChI=1S/C27H35FN4O4S2/c1-4-30(5-2)18-19-32(27-29-25-23(36-6-3)8-7-9-24(25)37-27)26(33)20-14-16-31(17-15-20)38(34,35)22-12-10-21(28)11-13-22/h7-13,20H,4-6,14-19H2,1-3H3. The molecule has 0 atom stereocenters. The lowest BCUT2D eigenvalue weighted by atomic mass is 9.96. The summed E-state index contributed by atoms with van der Waals surface area (Å²) in [5, 5.41) is 0.630. The Hall–Kier alpha value is -2.60. The maximum Gasteiger partial charge on any atom is 0.243 e. The summed E-state index contributed by atoms with van der Waals surface area (Å²) < 4.78 is 47.5. The lowest BCUT2D eigenvalue weighted by Crippen LogP contribution is -2.46. The largest absolute Gasteiger partial charge is 0.492 e. The second-order valence-corrected chi connectivity index (χ2v) is 12.1. The van der Waals surface area contributed by atoms with E-state index in [0.717, 1.165) is 35.4 Å². The average Bonchev–Trinajstić information content (AvgIpc) is 3.36. The molecule has 206 valence electrons. The fourth-order valence-electron chi connectivity index (χ4n) is 4.70. The van der Waals surface area contributed by atoms with Crippen LogP contribution in [0, 0.1) is 11.7 Å². The molecule has 3 aromatic rings. The molecule has 38 heavy (non-hydrogen) atoms. The highest BCUT2D eigenvalue weighted by Gasteiger charge is 2.35. The van der Waals surface area contributed by atoms with Crippen molar-refractivity contribution in [1.82, 2.24) is 14.2 Å². The molecule has 0 N–H and O–H groups in total. The highest BCUT2D eigenvalue weighted by Crippen LogP contribution is 2.35. The zero-order valence-electron chi connectivity index (χ0n) is 22.1. The number of rotatable bonds is 11. The van der Waals surface area contributed by atoms with Gasteiger partial charge in [0.05, 0.1) is 16.2 Å². The molecular weight excluding hydrogens is 527 g/mol. The molecule has 4 rings (SSSR count). The van der Waals surface area contributed by atoms with Gasteiger partial charge in [-0.25, -0.2) is 17.8 Å². The summed E-state index contributed by atoms with van der Waals surface area (Å²) in [4.78, 5) is 22.8. The van der Waals surface area contributed by atoms with Gasteiger partial charge in [-0.05, 0) is 69.3 Å². The molecule has 2 heterocycles. The number of fused-ring (bicyclic) bond motifs is 1. The van der Waals surface area contributed by atoms with Crippen molar-refractivity contribution >= 4 is 42.6 Å². The molecule has 0 unspecified atom stereocenters. The Balaban J connectivity index is 1.54. The Bertz CT molecular complexity index is 1330. The molecule has 0 radical (unpaired) electrons. The zero-order valence-corrected chi connectivity index (χ0v) is 23.7. The third kappa shape index (κ3) is 6.17. The molecule has 1 aliphatic rings. The minimum absolute atomic E-state index is 0.0343. The second kappa shape index (κ2) is 12.5. The predicted octanol–water partition coefficient (Wildman–Crippen LogP) is 4.61. The first-order valence-corrected chi connectivity index (χ1v) is 15.4. The summed E-state index contributed by atoms with van der Waals surface area (Å²) in [6.07, 6.45) is 0.826. The molecule has 8 nitrogen and oxygen atoms in total. The van der Waals surface area contributed by atoms with Gasteiger partial charge >= 0.3 is 0 Å². The van der Waals surface area contributed by atoms with Crippen molar-refractivity contribution < 1.29 is 22.3 Å². The number of ether oxygens (including phenoxy) is 1. The third-order valence-corrected chi connectivity index (χ3v) is 9.91. The summed E-state index contributed by atoms with van der Waals surface area (Å²) >= 11 is 1.47. The number of likely N-dealkylation sites (N-methyl/N-ethyl adjacent to an activating group) is 1. The maximum absolute atomic E-state index is 13.9. The Labute approximate surface area is 228 Å². The van der Waals surface area contributed by atoms with Gasteiger partial charge in [0.25, 0.3) is 0 Å². The van der Waals surface area contributed by atoms with Crippen molar-refractivity contribution in [1.29, 1.82) is 0 Å². The van der Waals surface area contributed by atoms with Gasteiger partial charge in [-0.2, -0.15) is 4.31 Å². The van der Waals surface area contributed by atoms with E-state index in [2.05, 4.69) is 18.7 Å². The van der Waals surface area contributed by atoms with Gasteiger partial charge in [-0.15, -0.1) is 0 Å². The first-order valence-electron chi connectivity index (χ1n) is 13.1. The number of piperidine rings is 1. The fourth-order valence-corrected chi connectivity index (χ4v) is 7.18. The van der Waals surface area contributed by atoms with Crippen LogP contribution in [0.3, 0.4) is 0 Å². The average molecular weight is 563 g/mol. The number of aromatic nitrogens is 1. The number of thiazole rings is 1. The number of nitrogens with zero attached hydrogens (tertiary/aromatic N) is 4. The first-order chi connectivity index (χ1) is 18.3. The number of amides is 1. The van der Waals surface area contributed by atoms with E-state index in [1.54, 1.807) is 4.90 Å². The van der Waals surface area contributed by atoms with Crippen molar-refractivity contribution in [2.45, 2.75) is 38.5 Å². The van der Waals surface area contributed by atoms with Crippen LogP contribution in [0.25, 0.3) is 10.2 Å². The van der Waals surface area contributed by atoms with E-state index >= 15 is 0 Å². The number of hydrogen-bond acceptors (Lipinski definition) is 7. The van der Waals surface area contributed by atoms with E-state index in [4.69, 9.17) is 9.72 Å². The Morgan fingerprint density at radius 2 is 1.76 bits per heavy atom. The van der Waals surface area contributed by atoms with Gasteiger partial charge in [0.2, 0.25) is 15.9 Å². The van der Waals surface area contributed by atoms with Crippen molar-refractivity contribution in [2.24, 2.45) is 5.92 Å². The van der Waals surface area contributed by atoms with E-state index in [9.17, 15) is 17.6 Å². The van der Waals surface area contributed by atoms with Crippen molar-refractivity contribution in [3.05, 3.63) is 48.3 Å². The third-order valence-electron chi connectivity index (χ3n) is 6.96. The molecule has 1 aromatic heterocycles. The number of para-hydroxylation sites is 1. The van der Waals surface area contributed by atoms with Crippen LogP contribution < -0.4 is 9.64 Å². The number of anilines is 1. The number of halogens is 1.